The van der Waals surface area contributed by atoms with E-state index in [1.165, 1.54) is 22.9 Å². The molecular weight excluding hydrogens is 485 g/mol. The van der Waals surface area contributed by atoms with E-state index in [0.29, 0.717) is 16.2 Å². The van der Waals surface area contributed by atoms with Crippen LogP contribution in [0.4, 0.5) is 0 Å². The molecule has 0 saturated carbocycles. The van der Waals surface area contributed by atoms with Crippen molar-refractivity contribution in [1.82, 2.24) is 4.90 Å². The number of ether oxygens (including phenoxy) is 1. The molecule has 35 heavy (non-hydrogen) atoms. The molecular formula is C26H30NO6PS. The SMILES string of the molecule is CC(C)c1cc(/C=C2\SC=CN(CCP(=O)(O)O)C2=O)cc(C(C)C)c1OC(=O)c1ccccc1. The van der Waals surface area contributed by atoms with Gasteiger partial charge in [-0.05, 0) is 64.3 Å². The van der Waals surface area contributed by atoms with E-state index >= 15 is 0 Å². The molecule has 1 amide bonds. The summed E-state index contributed by atoms with van der Waals surface area (Å²) < 4.78 is 17.1. The molecule has 0 aliphatic carbocycles. The minimum Gasteiger partial charge on any atom is -0.422 e. The van der Waals surface area contributed by atoms with Crippen molar-refractivity contribution in [3.8, 4) is 5.75 Å². The number of hydrogen-bond donors (Lipinski definition) is 2. The lowest BCUT2D eigenvalue weighted by Crippen LogP contribution is -2.30. The van der Waals surface area contributed by atoms with E-state index in [-0.39, 0.29) is 24.3 Å². The smallest absolute Gasteiger partial charge is 0.343 e. The quantitative estimate of drug-likeness (QED) is 0.201. The van der Waals surface area contributed by atoms with E-state index in [9.17, 15) is 14.2 Å². The molecule has 1 heterocycles. The first-order chi connectivity index (χ1) is 16.5. The second-order valence-corrected chi connectivity index (χ2v) is 11.6. The summed E-state index contributed by atoms with van der Waals surface area (Å²) in [7, 11) is -4.22. The molecule has 3 rings (SSSR count). The Kier molecular flexibility index (Phi) is 8.78. The fraction of sp³-hybridized carbons (Fsp3) is 0.308. The summed E-state index contributed by atoms with van der Waals surface area (Å²) in [5, 5.41) is 1.72. The topological polar surface area (TPSA) is 104 Å². The van der Waals surface area contributed by atoms with Crippen LogP contribution >= 0.6 is 19.4 Å². The van der Waals surface area contributed by atoms with Gasteiger partial charge in [0, 0.05) is 12.7 Å². The predicted octanol–water partition coefficient (Wildman–Crippen LogP) is 5.72. The average molecular weight is 516 g/mol. The van der Waals surface area contributed by atoms with Crippen LogP contribution in [0.3, 0.4) is 0 Å². The molecule has 2 aromatic rings. The Morgan fingerprint density at radius 3 is 2.23 bits per heavy atom. The first-order valence-electron chi connectivity index (χ1n) is 11.3. The highest BCUT2D eigenvalue weighted by Crippen LogP contribution is 2.39. The normalized spacial score (nSPS) is 15.4. The van der Waals surface area contributed by atoms with Gasteiger partial charge in [-0.3, -0.25) is 9.36 Å². The highest BCUT2D eigenvalue weighted by molar-refractivity contribution is 8.06. The van der Waals surface area contributed by atoms with Crippen LogP contribution in [0.2, 0.25) is 0 Å². The van der Waals surface area contributed by atoms with Crippen LogP contribution in [0, 0.1) is 0 Å². The first-order valence-corrected chi connectivity index (χ1v) is 14.0. The number of nitrogens with zero attached hydrogens (tertiary/aromatic N) is 1. The van der Waals surface area contributed by atoms with Gasteiger partial charge in [-0.2, -0.15) is 0 Å². The van der Waals surface area contributed by atoms with E-state index in [0.717, 1.165) is 16.7 Å². The number of hydrogen-bond acceptors (Lipinski definition) is 5. The molecule has 1 aliphatic heterocycles. The molecule has 0 radical (unpaired) electrons. The van der Waals surface area contributed by atoms with Gasteiger partial charge < -0.3 is 19.4 Å². The number of amides is 1. The van der Waals surface area contributed by atoms with Crippen molar-refractivity contribution in [3.63, 3.8) is 0 Å². The Balaban J connectivity index is 1.97. The van der Waals surface area contributed by atoms with Crippen LogP contribution in [0.1, 0.15) is 66.6 Å². The standard InChI is InChI=1S/C26H30NO6PS/c1-17(2)21-14-19(16-23-25(28)27(11-13-35-23)10-12-34(30,31)32)15-22(18(3)4)24(21)33-26(29)20-8-6-5-7-9-20/h5-9,11,13-18H,10,12H2,1-4H3,(H2,30,31,32)/b23-16-. The van der Waals surface area contributed by atoms with Gasteiger partial charge in [-0.25, -0.2) is 4.79 Å². The number of esters is 1. The van der Waals surface area contributed by atoms with E-state index in [1.807, 2.05) is 45.9 Å². The van der Waals surface area contributed by atoms with Crippen molar-refractivity contribution in [2.45, 2.75) is 39.5 Å². The van der Waals surface area contributed by atoms with Gasteiger partial charge in [0.25, 0.3) is 5.91 Å². The van der Waals surface area contributed by atoms with Crippen molar-refractivity contribution in [2.75, 3.05) is 12.7 Å². The van der Waals surface area contributed by atoms with Crippen molar-refractivity contribution in [1.29, 1.82) is 0 Å². The average Bonchev–Trinajstić information content (AvgIpc) is 2.80. The molecule has 1 aliphatic rings. The number of benzene rings is 2. The van der Waals surface area contributed by atoms with Gasteiger partial charge in [0.1, 0.15) is 5.75 Å². The van der Waals surface area contributed by atoms with Crippen LogP contribution in [-0.4, -0.2) is 39.3 Å². The van der Waals surface area contributed by atoms with Gasteiger partial charge in [0.15, 0.2) is 0 Å². The zero-order chi connectivity index (χ0) is 25.8. The summed E-state index contributed by atoms with van der Waals surface area (Å²) in [5.74, 6) is -0.0959. The Labute approximate surface area is 210 Å². The van der Waals surface area contributed by atoms with Gasteiger partial charge >= 0.3 is 13.6 Å². The third-order valence-corrected chi connectivity index (χ3v) is 7.04. The van der Waals surface area contributed by atoms with Crippen molar-refractivity contribution in [3.05, 3.63) is 81.2 Å². The summed E-state index contributed by atoms with van der Waals surface area (Å²) >= 11 is 1.25. The number of carbonyl (C=O) groups is 2. The summed E-state index contributed by atoms with van der Waals surface area (Å²) in [5.41, 5.74) is 2.97. The zero-order valence-corrected chi connectivity index (χ0v) is 21.9. The van der Waals surface area contributed by atoms with Crippen LogP contribution in [0.25, 0.3) is 6.08 Å². The van der Waals surface area contributed by atoms with Crippen LogP contribution in [0.15, 0.2) is 59.0 Å². The highest BCUT2D eigenvalue weighted by atomic mass is 32.2. The molecule has 2 aromatic carbocycles. The van der Waals surface area contributed by atoms with Crippen LogP contribution in [0.5, 0.6) is 5.75 Å². The highest BCUT2D eigenvalue weighted by Gasteiger charge is 2.25. The van der Waals surface area contributed by atoms with Crippen molar-refractivity contribution >= 4 is 37.3 Å². The van der Waals surface area contributed by atoms with Gasteiger partial charge in [-0.15, -0.1) is 0 Å². The first kappa shape index (κ1) is 27.0. The molecule has 0 bridgehead atoms. The zero-order valence-electron chi connectivity index (χ0n) is 20.2. The maximum absolute atomic E-state index is 12.9. The van der Waals surface area contributed by atoms with Crippen molar-refractivity contribution in [2.24, 2.45) is 0 Å². The maximum atomic E-state index is 12.9. The lowest BCUT2D eigenvalue weighted by molar-refractivity contribution is -0.123. The lowest BCUT2D eigenvalue weighted by Gasteiger charge is -2.23. The predicted molar refractivity (Wildman–Crippen MR) is 139 cm³/mol. The molecule has 7 nitrogen and oxygen atoms in total. The van der Waals surface area contributed by atoms with Gasteiger partial charge in [0.2, 0.25) is 0 Å². The van der Waals surface area contributed by atoms with E-state index in [2.05, 4.69) is 0 Å². The Morgan fingerprint density at radius 2 is 1.69 bits per heavy atom. The summed E-state index contributed by atoms with van der Waals surface area (Å²) in [6, 6.07) is 12.7. The Hall–Kier alpha value is -2.64. The number of carbonyl (C=O) groups excluding carboxylic acids is 2. The maximum Gasteiger partial charge on any atom is 0.343 e. The van der Waals surface area contributed by atoms with Gasteiger partial charge in [0.05, 0.1) is 16.6 Å². The minimum absolute atomic E-state index is 0.0544. The van der Waals surface area contributed by atoms with Crippen LogP contribution < -0.4 is 4.74 Å². The fourth-order valence-electron chi connectivity index (χ4n) is 3.58. The fourth-order valence-corrected chi connectivity index (χ4v) is 4.83. The van der Waals surface area contributed by atoms with E-state index < -0.39 is 19.7 Å². The minimum atomic E-state index is -4.22. The Morgan fingerprint density at radius 1 is 1.09 bits per heavy atom. The summed E-state index contributed by atoms with van der Waals surface area (Å²) in [4.78, 5) is 45.8. The molecule has 2 N–H and O–H groups in total. The molecule has 9 heteroatoms. The molecule has 0 aromatic heterocycles. The second-order valence-electron chi connectivity index (χ2n) is 8.89. The molecule has 0 fully saturated rings. The summed E-state index contributed by atoms with van der Waals surface area (Å²) in [6.07, 6.45) is 2.89. The lowest BCUT2D eigenvalue weighted by atomic mass is 9.91. The molecule has 0 saturated heterocycles. The molecule has 0 unspecified atom stereocenters. The monoisotopic (exact) mass is 515 g/mol. The largest absolute Gasteiger partial charge is 0.422 e. The molecule has 0 spiro atoms. The Bertz CT molecular complexity index is 1170. The number of thioether (sulfide) groups is 1. The van der Waals surface area contributed by atoms with E-state index in [4.69, 9.17) is 14.5 Å². The van der Waals surface area contributed by atoms with Crippen molar-refractivity contribution < 1.29 is 28.7 Å². The van der Waals surface area contributed by atoms with Gasteiger partial charge in [-0.1, -0.05) is 57.7 Å². The molecule has 186 valence electrons. The third-order valence-electron chi connectivity index (χ3n) is 5.45. The molecule has 0 atom stereocenters. The van der Waals surface area contributed by atoms with E-state index in [1.54, 1.807) is 35.7 Å². The second kappa shape index (κ2) is 11.4. The number of rotatable bonds is 8. The third kappa shape index (κ3) is 7.18. The summed E-state index contributed by atoms with van der Waals surface area (Å²) in [6.45, 7) is 8.00. The van der Waals surface area contributed by atoms with Crippen LogP contribution in [-0.2, 0) is 9.36 Å².